The van der Waals surface area contributed by atoms with Crippen LogP contribution in [0.2, 0.25) is 0 Å². The van der Waals surface area contributed by atoms with E-state index in [2.05, 4.69) is 4.72 Å². The van der Waals surface area contributed by atoms with Gasteiger partial charge in [-0.05, 0) is 35.9 Å². The predicted molar refractivity (Wildman–Crippen MR) is 106 cm³/mol. The van der Waals surface area contributed by atoms with Crippen LogP contribution in [-0.4, -0.2) is 26.3 Å². The summed E-state index contributed by atoms with van der Waals surface area (Å²) in [5, 5.41) is 0. The fourth-order valence-corrected chi connectivity index (χ4v) is 3.77. The molecule has 6 heteroatoms. The molecule has 0 fully saturated rings. The Morgan fingerprint density at radius 3 is 2.19 bits per heavy atom. The van der Waals surface area contributed by atoms with Gasteiger partial charge in [-0.25, -0.2) is 8.42 Å². The standard InChI is InChI=1S/C21H20N2O3S/c1-23(16-17-9-4-2-5-10-17)21(24)18-11-8-14-20(15-18)27(25,26)22-19-12-6-3-7-13-19/h2-15,22H,16H2,1H3. The van der Waals surface area contributed by atoms with Crippen LogP contribution >= 0.6 is 0 Å². The fourth-order valence-electron chi connectivity index (χ4n) is 2.67. The largest absolute Gasteiger partial charge is 0.337 e. The van der Waals surface area contributed by atoms with Gasteiger partial charge < -0.3 is 4.90 Å². The summed E-state index contributed by atoms with van der Waals surface area (Å²) < 4.78 is 27.7. The van der Waals surface area contributed by atoms with Gasteiger partial charge in [-0.2, -0.15) is 0 Å². The molecule has 0 aliphatic heterocycles. The second-order valence-corrected chi connectivity index (χ2v) is 7.83. The van der Waals surface area contributed by atoms with Crippen LogP contribution in [0.3, 0.4) is 0 Å². The van der Waals surface area contributed by atoms with Gasteiger partial charge in [-0.15, -0.1) is 0 Å². The molecule has 0 spiro atoms. The molecule has 0 atom stereocenters. The molecule has 3 aromatic carbocycles. The molecular weight excluding hydrogens is 360 g/mol. The first kappa shape index (κ1) is 18.7. The minimum Gasteiger partial charge on any atom is -0.337 e. The lowest BCUT2D eigenvalue weighted by Gasteiger charge is -2.18. The molecule has 1 N–H and O–H groups in total. The maximum atomic E-state index is 12.7. The number of benzene rings is 3. The number of carbonyl (C=O) groups is 1. The van der Waals surface area contributed by atoms with Gasteiger partial charge in [-0.1, -0.05) is 54.6 Å². The maximum absolute atomic E-state index is 12.7. The summed E-state index contributed by atoms with van der Waals surface area (Å²) in [4.78, 5) is 14.3. The Kier molecular flexibility index (Phi) is 5.57. The van der Waals surface area contributed by atoms with E-state index in [1.807, 2.05) is 30.3 Å². The number of hydrogen-bond donors (Lipinski definition) is 1. The number of rotatable bonds is 6. The second-order valence-electron chi connectivity index (χ2n) is 6.15. The van der Waals surface area contributed by atoms with E-state index in [9.17, 15) is 13.2 Å². The molecule has 1 amide bonds. The van der Waals surface area contributed by atoms with Crippen LogP contribution < -0.4 is 4.72 Å². The van der Waals surface area contributed by atoms with Crippen LogP contribution in [0.25, 0.3) is 0 Å². The molecule has 0 aromatic heterocycles. The van der Waals surface area contributed by atoms with Gasteiger partial charge in [0.15, 0.2) is 0 Å². The third-order valence-corrected chi connectivity index (χ3v) is 5.41. The van der Waals surface area contributed by atoms with E-state index in [0.717, 1.165) is 5.56 Å². The number of sulfonamides is 1. The Hall–Kier alpha value is -3.12. The zero-order valence-corrected chi connectivity index (χ0v) is 15.7. The van der Waals surface area contributed by atoms with Gasteiger partial charge in [0.2, 0.25) is 0 Å². The van der Waals surface area contributed by atoms with Crippen molar-refractivity contribution in [1.82, 2.24) is 4.90 Å². The molecule has 3 rings (SSSR count). The number of para-hydroxylation sites is 1. The van der Waals surface area contributed by atoms with Gasteiger partial charge in [0, 0.05) is 24.8 Å². The van der Waals surface area contributed by atoms with Crippen molar-refractivity contribution in [2.75, 3.05) is 11.8 Å². The summed E-state index contributed by atoms with van der Waals surface area (Å²) in [6, 6.07) is 24.3. The van der Waals surface area contributed by atoms with Crippen molar-refractivity contribution in [2.45, 2.75) is 11.4 Å². The number of amides is 1. The Morgan fingerprint density at radius 2 is 1.52 bits per heavy atom. The fraction of sp³-hybridized carbons (Fsp3) is 0.0952. The van der Waals surface area contributed by atoms with E-state index in [4.69, 9.17) is 0 Å². The Morgan fingerprint density at radius 1 is 0.889 bits per heavy atom. The molecule has 0 radical (unpaired) electrons. The van der Waals surface area contributed by atoms with Gasteiger partial charge in [0.05, 0.1) is 4.90 Å². The first-order valence-electron chi connectivity index (χ1n) is 8.43. The Balaban J connectivity index is 1.79. The molecular formula is C21H20N2O3S. The van der Waals surface area contributed by atoms with Crippen molar-refractivity contribution in [3.63, 3.8) is 0 Å². The minimum atomic E-state index is -3.77. The summed E-state index contributed by atoms with van der Waals surface area (Å²) in [5.41, 5.74) is 1.79. The highest BCUT2D eigenvalue weighted by Crippen LogP contribution is 2.18. The first-order valence-corrected chi connectivity index (χ1v) is 9.91. The molecule has 138 valence electrons. The highest BCUT2D eigenvalue weighted by atomic mass is 32.2. The SMILES string of the molecule is CN(Cc1ccccc1)C(=O)c1cccc(S(=O)(=O)Nc2ccccc2)c1. The van der Waals surface area contributed by atoms with E-state index < -0.39 is 10.0 Å². The quantitative estimate of drug-likeness (QED) is 0.708. The van der Waals surface area contributed by atoms with Crippen LogP contribution in [0.1, 0.15) is 15.9 Å². The summed E-state index contributed by atoms with van der Waals surface area (Å²) in [6.07, 6.45) is 0. The van der Waals surface area contributed by atoms with Gasteiger partial charge in [-0.3, -0.25) is 9.52 Å². The van der Waals surface area contributed by atoms with Crippen LogP contribution in [0.4, 0.5) is 5.69 Å². The van der Waals surface area contributed by atoms with E-state index in [1.54, 1.807) is 54.4 Å². The normalized spacial score (nSPS) is 11.0. The van der Waals surface area contributed by atoms with Gasteiger partial charge >= 0.3 is 0 Å². The number of hydrogen-bond acceptors (Lipinski definition) is 3. The summed E-state index contributed by atoms with van der Waals surface area (Å²) in [7, 11) is -2.08. The molecule has 0 bridgehead atoms. The molecule has 0 heterocycles. The molecule has 0 saturated heterocycles. The summed E-state index contributed by atoms with van der Waals surface area (Å²) in [5.74, 6) is -0.240. The molecule has 27 heavy (non-hydrogen) atoms. The van der Waals surface area contributed by atoms with Crippen molar-refractivity contribution in [1.29, 1.82) is 0 Å². The molecule has 3 aromatic rings. The summed E-state index contributed by atoms with van der Waals surface area (Å²) in [6.45, 7) is 0.443. The third kappa shape index (κ3) is 4.74. The van der Waals surface area contributed by atoms with Crippen LogP contribution in [0.5, 0.6) is 0 Å². The lowest BCUT2D eigenvalue weighted by Crippen LogP contribution is -2.26. The van der Waals surface area contributed by atoms with Crippen LogP contribution in [0, 0.1) is 0 Å². The predicted octanol–water partition coefficient (Wildman–Crippen LogP) is 3.76. The average Bonchev–Trinajstić information content (AvgIpc) is 2.69. The Bertz CT molecular complexity index is 1020. The Labute approximate surface area is 159 Å². The molecule has 0 aliphatic carbocycles. The van der Waals surface area contributed by atoms with E-state index in [1.165, 1.54) is 12.1 Å². The average molecular weight is 380 g/mol. The van der Waals surface area contributed by atoms with Crippen molar-refractivity contribution >= 4 is 21.6 Å². The highest BCUT2D eigenvalue weighted by molar-refractivity contribution is 7.92. The first-order chi connectivity index (χ1) is 13.0. The third-order valence-electron chi connectivity index (χ3n) is 4.03. The van der Waals surface area contributed by atoms with E-state index >= 15 is 0 Å². The smallest absolute Gasteiger partial charge is 0.261 e. The molecule has 0 saturated carbocycles. The van der Waals surface area contributed by atoms with Crippen molar-refractivity contribution in [3.05, 3.63) is 96.1 Å². The number of nitrogens with one attached hydrogen (secondary N) is 1. The molecule has 0 unspecified atom stereocenters. The molecule has 0 aliphatic rings. The molecule has 5 nitrogen and oxygen atoms in total. The monoisotopic (exact) mass is 380 g/mol. The minimum absolute atomic E-state index is 0.0466. The van der Waals surface area contributed by atoms with Gasteiger partial charge in [0.1, 0.15) is 0 Å². The van der Waals surface area contributed by atoms with Crippen molar-refractivity contribution in [2.24, 2.45) is 0 Å². The number of anilines is 1. The van der Waals surface area contributed by atoms with Crippen molar-refractivity contribution < 1.29 is 13.2 Å². The number of carbonyl (C=O) groups excluding carboxylic acids is 1. The number of nitrogens with zero attached hydrogens (tertiary/aromatic N) is 1. The lowest BCUT2D eigenvalue weighted by molar-refractivity contribution is 0.0785. The van der Waals surface area contributed by atoms with E-state index in [-0.39, 0.29) is 10.8 Å². The lowest BCUT2D eigenvalue weighted by atomic mass is 10.1. The second kappa shape index (κ2) is 8.05. The summed E-state index contributed by atoms with van der Waals surface area (Å²) >= 11 is 0. The van der Waals surface area contributed by atoms with Gasteiger partial charge in [0.25, 0.3) is 15.9 Å². The van der Waals surface area contributed by atoms with Crippen molar-refractivity contribution in [3.8, 4) is 0 Å². The topological polar surface area (TPSA) is 66.5 Å². The van der Waals surface area contributed by atoms with Crippen LogP contribution in [-0.2, 0) is 16.6 Å². The highest BCUT2D eigenvalue weighted by Gasteiger charge is 2.18. The van der Waals surface area contributed by atoms with E-state index in [0.29, 0.717) is 17.8 Å². The van der Waals surface area contributed by atoms with Crippen LogP contribution in [0.15, 0.2) is 89.8 Å². The zero-order valence-electron chi connectivity index (χ0n) is 14.9. The zero-order chi connectivity index (χ0) is 19.3. The maximum Gasteiger partial charge on any atom is 0.261 e.